The van der Waals surface area contributed by atoms with Gasteiger partial charge in [0.05, 0.1) is 0 Å². The zero-order valence-electron chi connectivity index (χ0n) is 9.63. The molecule has 0 aliphatic carbocycles. The second kappa shape index (κ2) is 5.45. The standard InChI is InChI=1S/C15H17N/c1-13(15-9-11-16-12-10-15)7-8-14-5-3-2-4-6-14/h2-6,9-13H,7-8H2,1H3. The van der Waals surface area contributed by atoms with Gasteiger partial charge in [0.15, 0.2) is 0 Å². The molecule has 0 aliphatic heterocycles. The normalized spacial score (nSPS) is 12.3. The summed E-state index contributed by atoms with van der Waals surface area (Å²) in [6.45, 7) is 2.28. The van der Waals surface area contributed by atoms with Crippen molar-refractivity contribution in [3.8, 4) is 0 Å². The van der Waals surface area contributed by atoms with Crippen LogP contribution in [0.2, 0.25) is 0 Å². The second-order valence-corrected chi connectivity index (χ2v) is 4.21. The molecule has 0 radical (unpaired) electrons. The van der Waals surface area contributed by atoms with E-state index in [9.17, 15) is 0 Å². The molecule has 1 atom stereocenters. The van der Waals surface area contributed by atoms with Gasteiger partial charge in [-0.3, -0.25) is 4.98 Å². The van der Waals surface area contributed by atoms with Crippen LogP contribution in [0.4, 0.5) is 0 Å². The fraction of sp³-hybridized carbons (Fsp3) is 0.267. The highest BCUT2D eigenvalue weighted by molar-refractivity contribution is 5.18. The third kappa shape index (κ3) is 2.93. The third-order valence-electron chi connectivity index (χ3n) is 2.98. The van der Waals surface area contributed by atoms with Gasteiger partial charge in [-0.05, 0) is 42.0 Å². The van der Waals surface area contributed by atoms with Crippen LogP contribution in [0.25, 0.3) is 0 Å². The van der Waals surface area contributed by atoms with Gasteiger partial charge in [-0.2, -0.15) is 0 Å². The lowest BCUT2D eigenvalue weighted by molar-refractivity contribution is 0.678. The topological polar surface area (TPSA) is 12.9 Å². The van der Waals surface area contributed by atoms with E-state index in [4.69, 9.17) is 0 Å². The van der Waals surface area contributed by atoms with E-state index in [1.54, 1.807) is 0 Å². The van der Waals surface area contributed by atoms with E-state index in [-0.39, 0.29) is 0 Å². The Morgan fingerprint density at radius 3 is 2.38 bits per heavy atom. The Balaban J connectivity index is 1.92. The van der Waals surface area contributed by atoms with Crippen LogP contribution < -0.4 is 0 Å². The van der Waals surface area contributed by atoms with E-state index >= 15 is 0 Å². The van der Waals surface area contributed by atoms with E-state index in [0.717, 1.165) is 6.42 Å². The molecule has 1 aromatic carbocycles. The van der Waals surface area contributed by atoms with E-state index in [1.165, 1.54) is 17.5 Å². The van der Waals surface area contributed by atoms with Gasteiger partial charge >= 0.3 is 0 Å². The summed E-state index contributed by atoms with van der Waals surface area (Å²) in [5, 5.41) is 0. The quantitative estimate of drug-likeness (QED) is 0.749. The van der Waals surface area contributed by atoms with Crippen LogP contribution in [0, 0.1) is 0 Å². The summed E-state index contributed by atoms with van der Waals surface area (Å²) in [6, 6.07) is 14.9. The summed E-state index contributed by atoms with van der Waals surface area (Å²) in [4.78, 5) is 4.05. The average Bonchev–Trinajstić information content (AvgIpc) is 2.38. The van der Waals surface area contributed by atoms with Crippen LogP contribution in [-0.2, 0) is 6.42 Å². The Morgan fingerprint density at radius 2 is 1.69 bits per heavy atom. The van der Waals surface area contributed by atoms with E-state index in [0.29, 0.717) is 5.92 Å². The average molecular weight is 211 g/mol. The van der Waals surface area contributed by atoms with Gasteiger partial charge in [-0.1, -0.05) is 37.3 Å². The molecular weight excluding hydrogens is 194 g/mol. The van der Waals surface area contributed by atoms with Gasteiger partial charge < -0.3 is 0 Å². The highest BCUT2D eigenvalue weighted by atomic mass is 14.6. The summed E-state index contributed by atoms with van der Waals surface area (Å²) in [5.74, 6) is 0.600. The van der Waals surface area contributed by atoms with Crippen molar-refractivity contribution in [2.24, 2.45) is 0 Å². The molecule has 2 aromatic rings. The fourth-order valence-corrected chi connectivity index (χ4v) is 1.89. The number of aryl methyl sites for hydroxylation is 1. The van der Waals surface area contributed by atoms with Crippen molar-refractivity contribution >= 4 is 0 Å². The minimum Gasteiger partial charge on any atom is -0.265 e. The van der Waals surface area contributed by atoms with Gasteiger partial charge in [0.1, 0.15) is 0 Å². The Hall–Kier alpha value is -1.63. The molecule has 0 N–H and O–H groups in total. The summed E-state index contributed by atoms with van der Waals surface area (Å²) in [6.07, 6.45) is 6.07. The SMILES string of the molecule is CC(CCc1ccccc1)c1ccncc1. The highest BCUT2D eigenvalue weighted by Gasteiger charge is 2.04. The second-order valence-electron chi connectivity index (χ2n) is 4.21. The number of nitrogens with zero attached hydrogens (tertiary/aromatic N) is 1. The Bertz CT molecular complexity index is 408. The summed E-state index contributed by atoms with van der Waals surface area (Å²) in [5.41, 5.74) is 2.80. The molecule has 0 fully saturated rings. The van der Waals surface area contributed by atoms with Gasteiger partial charge in [-0.25, -0.2) is 0 Å². The Morgan fingerprint density at radius 1 is 1.00 bits per heavy atom. The molecule has 1 heteroatoms. The maximum Gasteiger partial charge on any atom is 0.0270 e. The van der Waals surface area contributed by atoms with E-state index in [1.807, 2.05) is 12.4 Å². The summed E-state index contributed by atoms with van der Waals surface area (Å²) >= 11 is 0. The number of aromatic nitrogens is 1. The van der Waals surface area contributed by atoms with Crippen molar-refractivity contribution in [1.29, 1.82) is 0 Å². The molecule has 0 saturated carbocycles. The molecule has 0 aliphatic rings. The van der Waals surface area contributed by atoms with Crippen molar-refractivity contribution < 1.29 is 0 Å². The minimum absolute atomic E-state index is 0.600. The molecule has 16 heavy (non-hydrogen) atoms. The molecule has 0 spiro atoms. The Kier molecular flexibility index (Phi) is 3.71. The molecule has 0 amide bonds. The van der Waals surface area contributed by atoms with Crippen LogP contribution in [-0.4, -0.2) is 4.98 Å². The number of benzene rings is 1. The smallest absolute Gasteiger partial charge is 0.0270 e. The predicted octanol–water partition coefficient (Wildman–Crippen LogP) is 3.82. The van der Waals surface area contributed by atoms with Crippen molar-refractivity contribution in [3.05, 3.63) is 66.0 Å². The molecule has 0 saturated heterocycles. The van der Waals surface area contributed by atoms with Gasteiger partial charge in [0.25, 0.3) is 0 Å². The molecular formula is C15H17N. The van der Waals surface area contributed by atoms with Crippen molar-refractivity contribution in [1.82, 2.24) is 4.98 Å². The zero-order valence-corrected chi connectivity index (χ0v) is 9.63. The largest absolute Gasteiger partial charge is 0.265 e. The number of rotatable bonds is 4. The lowest BCUT2D eigenvalue weighted by Gasteiger charge is -2.11. The summed E-state index contributed by atoms with van der Waals surface area (Å²) < 4.78 is 0. The fourth-order valence-electron chi connectivity index (χ4n) is 1.89. The monoisotopic (exact) mass is 211 g/mol. The minimum atomic E-state index is 0.600. The van der Waals surface area contributed by atoms with Crippen molar-refractivity contribution in [3.63, 3.8) is 0 Å². The zero-order chi connectivity index (χ0) is 11.2. The number of hydrogen-bond donors (Lipinski definition) is 0. The molecule has 2 rings (SSSR count). The van der Waals surface area contributed by atoms with Crippen LogP contribution in [0.3, 0.4) is 0 Å². The van der Waals surface area contributed by atoms with E-state index in [2.05, 4.69) is 54.4 Å². The molecule has 0 bridgehead atoms. The molecule has 1 nitrogen and oxygen atoms in total. The third-order valence-corrected chi connectivity index (χ3v) is 2.98. The van der Waals surface area contributed by atoms with Crippen LogP contribution in [0.5, 0.6) is 0 Å². The molecule has 1 aromatic heterocycles. The first-order chi connectivity index (χ1) is 7.86. The first-order valence-electron chi connectivity index (χ1n) is 5.80. The maximum atomic E-state index is 4.05. The lowest BCUT2D eigenvalue weighted by Crippen LogP contribution is -1.96. The van der Waals surface area contributed by atoms with Crippen LogP contribution in [0.15, 0.2) is 54.9 Å². The maximum absolute atomic E-state index is 4.05. The van der Waals surface area contributed by atoms with Gasteiger partial charge in [0, 0.05) is 12.4 Å². The van der Waals surface area contributed by atoms with Crippen molar-refractivity contribution in [2.75, 3.05) is 0 Å². The van der Waals surface area contributed by atoms with Crippen LogP contribution >= 0.6 is 0 Å². The van der Waals surface area contributed by atoms with Gasteiger partial charge in [-0.15, -0.1) is 0 Å². The van der Waals surface area contributed by atoms with Gasteiger partial charge in [0.2, 0.25) is 0 Å². The van der Waals surface area contributed by atoms with Crippen LogP contribution in [0.1, 0.15) is 30.4 Å². The lowest BCUT2D eigenvalue weighted by atomic mass is 9.95. The summed E-state index contributed by atoms with van der Waals surface area (Å²) in [7, 11) is 0. The first kappa shape index (κ1) is 10.9. The van der Waals surface area contributed by atoms with Crippen molar-refractivity contribution in [2.45, 2.75) is 25.7 Å². The van der Waals surface area contributed by atoms with E-state index < -0.39 is 0 Å². The predicted molar refractivity (Wildman–Crippen MR) is 67.4 cm³/mol. The highest BCUT2D eigenvalue weighted by Crippen LogP contribution is 2.20. The number of pyridine rings is 1. The first-order valence-corrected chi connectivity index (χ1v) is 5.80. The molecule has 1 heterocycles. The number of hydrogen-bond acceptors (Lipinski definition) is 1. The Labute approximate surface area is 97.2 Å². The molecule has 82 valence electrons. The molecule has 1 unspecified atom stereocenters.